The molecule has 0 unspecified atom stereocenters. The van der Waals surface area contributed by atoms with Crippen LogP contribution < -0.4 is 0 Å². The van der Waals surface area contributed by atoms with Crippen LogP contribution in [0.4, 0.5) is 0 Å². The molecule has 0 aliphatic heterocycles. The molecule has 39 heavy (non-hydrogen) atoms. The monoisotopic (exact) mass is 554 g/mol. The minimum atomic E-state index is -0.995. The fraction of sp³-hybridized carbons (Fsp3) is 0.909. The van der Waals surface area contributed by atoms with Gasteiger partial charge in [0.15, 0.2) is 0 Å². The van der Waals surface area contributed by atoms with Crippen molar-refractivity contribution in [3.63, 3.8) is 0 Å². The summed E-state index contributed by atoms with van der Waals surface area (Å²) < 4.78 is 16.3. The minimum Gasteiger partial charge on any atom is -0.465 e. The van der Waals surface area contributed by atoms with Crippen molar-refractivity contribution >= 4 is 17.9 Å². The molecule has 0 fully saturated rings. The number of esters is 3. The summed E-state index contributed by atoms with van der Waals surface area (Å²) in [6, 6.07) is 0. The van der Waals surface area contributed by atoms with Crippen LogP contribution in [0, 0.1) is 0 Å². The van der Waals surface area contributed by atoms with Gasteiger partial charge in [0, 0.05) is 19.3 Å². The van der Waals surface area contributed by atoms with Gasteiger partial charge < -0.3 is 14.2 Å². The van der Waals surface area contributed by atoms with Crippen LogP contribution in [0.3, 0.4) is 0 Å². The van der Waals surface area contributed by atoms with E-state index >= 15 is 0 Å². The van der Waals surface area contributed by atoms with Crippen molar-refractivity contribution in [3.05, 3.63) is 0 Å². The van der Waals surface area contributed by atoms with Gasteiger partial charge >= 0.3 is 17.9 Å². The molecule has 0 bridgehead atoms. The first-order valence-electron chi connectivity index (χ1n) is 16.6. The number of carbonyl (C=O) groups excluding carboxylic acids is 3. The molecule has 0 amide bonds. The van der Waals surface area contributed by atoms with E-state index in [0.29, 0.717) is 19.3 Å². The topological polar surface area (TPSA) is 78.9 Å². The quantitative estimate of drug-likeness (QED) is 0.0520. The van der Waals surface area contributed by atoms with Gasteiger partial charge in [-0.2, -0.15) is 0 Å². The standard InChI is InChI=1S/C33H62O6/c1-4-7-10-13-16-19-22-25-30(34)37-29-28-33(38-31(35)26-23-20-17-14-11-8-5-2)39-32(36)27-24-21-18-15-12-9-6-3/h33H,4-29H2,1-3H3. The first-order valence-corrected chi connectivity index (χ1v) is 16.6. The van der Waals surface area contributed by atoms with Crippen molar-refractivity contribution < 1.29 is 28.6 Å². The molecule has 0 saturated carbocycles. The zero-order valence-corrected chi connectivity index (χ0v) is 25.9. The summed E-state index contributed by atoms with van der Waals surface area (Å²) in [4.78, 5) is 36.9. The van der Waals surface area contributed by atoms with Crippen LogP contribution in [-0.4, -0.2) is 30.8 Å². The molecule has 230 valence electrons. The Kier molecular flexibility index (Phi) is 28.2. The zero-order chi connectivity index (χ0) is 28.8. The molecule has 0 aromatic carbocycles. The summed E-state index contributed by atoms with van der Waals surface area (Å²) in [5, 5.41) is 0. The van der Waals surface area contributed by atoms with E-state index in [1.54, 1.807) is 0 Å². The van der Waals surface area contributed by atoms with E-state index in [1.165, 1.54) is 77.0 Å². The van der Waals surface area contributed by atoms with Crippen LogP contribution >= 0.6 is 0 Å². The summed E-state index contributed by atoms with van der Waals surface area (Å²) in [5.74, 6) is -0.954. The van der Waals surface area contributed by atoms with Crippen molar-refractivity contribution in [1.29, 1.82) is 0 Å². The van der Waals surface area contributed by atoms with E-state index in [1.807, 2.05) is 0 Å². The second kappa shape index (κ2) is 29.4. The van der Waals surface area contributed by atoms with Gasteiger partial charge in [-0.15, -0.1) is 0 Å². The van der Waals surface area contributed by atoms with Crippen molar-refractivity contribution in [2.75, 3.05) is 6.61 Å². The molecule has 0 rings (SSSR count). The van der Waals surface area contributed by atoms with E-state index in [2.05, 4.69) is 20.8 Å². The van der Waals surface area contributed by atoms with Crippen molar-refractivity contribution in [1.82, 2.24) is 0 Å². The largest absolute Gasteiger partial charge is 0.465 e. The van der Waals surface area contributed by atoms with Gasteiger partial charge in [-0.05, 0) is 19.3 Å². The Balaban J connectivity index is 4.35. The van der Waals surface area contributed by atoms with Gasteiger partial charge in [0.1, 0.15) is 0 Å². The third kappa shape index (κ3) is 27.8. The molecule has 0 aromatic heterocycles. The molecule has 6 nitrogen and oxygen atoms in total. The van der Waals surface area contributed by atoms with Gasteiger partial charge in [0.2, 0.25) is 0 Å². The molecule has 0 N–H and O–H groups in total. The Morgan fingerprint density at radius 2 is 0.744 bits per heavy atom. The number of carbonyl (C=O) groups is 3. The first kappa shape index (κ1) is 37.4. The summed E-state index contributed by atoms with van der Waals surface area (Å²) in [7, 11) is 0. The second-order valence-electron chi connectivity index (χ2n) is 11.0. The molecule has 0 aliphatic carbocycles. The molecule has 0 radical (unpaired) electrons. The summed E-state index contributed by atoms with van der Waals surface area (Å²) >= 11 is 0. The predicted molar refractivity (Wildman–Crippen MR) is 159 cm³/mol. The van der Waals surface area contributed by atoms with Gasteiger partial charge in [-0.25, -0.2) is 0 Å². The highest BCUT2D eigenvalue weighted by Gasteiger charge is 2.20. The van der Waals surface area contributed by atoms with Crippen LogP contribution in [0.1, 0.15) is 181 Å². The lowest BCUT2D eigenvalue weighted by Crippen LogP contribution is -2.26. The molecular weight excluding hydrogens is 492 g/mol. The van der Waals surface area contributed by atoms with E-state index in [-0.39, 0.29) is 30.9 Å². The third-order valence-electron chi connectivity index (χ3n) is 7.10. The van der Waals surface area contributed by atoms with Crippen LogP contribution in [0.2, 0.25) is 0 Å². The summed E-state index contributed by atoms with van der Waals surface area (Å²) in [6.07, 6.45) is 23.9. The number of hydrogen-bond acceptors (Lipinski definition) is 6. The highest BCUT2D eigenvalue weighted by Crippen LogP contribution is 2.14. The van der Waals surface area contributed by atoms with Crippen molar-refractivity contribution in [2.24, 2.45) is 0 Å². The number of ether oxygens (including phenoxy) is 3. The van der Waals surface area contributed by atoms with Gasteiger partial charge in [0.05, 0.1) is 13.0 Å². The molecule has 6 heteroatoms. The fourth-order valence-electron chi connectivity index (χ4n) is 4.57. The van der Waals surface area contributed by atoms with Crippen LogP contribution in [0.15, 0.2) is 0 Å². The third-order valence-corrected chi connectivity index (χ3v) is 7.10. The SMILES string of the molecule is CCCCCCCCCC(=O)OCCC(OC(=O)CCCCCCCCC)OC(=O)CCCCCCCCC. The minimum absolute atomic E-state index is 0.0788. The predicted octanol–water partition coefficient (Wildman–Crippen LogP) is 9.75. The van der Waals surface area contributed by atoms with Crippen LogP contribution in [-0.2, 0) is 28.6 Å². The molecule has 0 atom stereocenters. The summed E-state index contributed by atoms with van der Waals surface area (Å²) in [5.41, 5.74) is 0. The van der Waals surface area contributed by atoms with Crippen LogP contribution in [0.5, 0.6) is 0 Å². The summed E-state index contributed by atoms with van der Waals surface area (Å²) in [6.45, 7) is 6.68. The fourth-order valence-corrected chi connectivity index (χ4v) is 4.57. The maximum absolute atomic E-state index is 12.4. The maximum atomic E-state index is 12.4. The lowest BCUT2D eigenvalue weighted by molar-refractivity contribution is -0.191. The van der Waals surface area contributed by atoms with Gasteiger partial charge in [-0.3, -0.25) is 14.4 Å². The van der Waals surface area contributed by atoms with Crippen molar-refractivity contribution in [2.45, 2.75) is 188 Å². The van der Waals surface area contributed by atoms with E-state index in [0.717, 1.165) is 57.8 Å². The number of rotatable bonds is 29. The highest BCUT2D eigenvalue weighted by molar-refractivity contribution is 5.71. The first-order chi connectivity index (χ1) is 19.0. The Morgan fingerprint density at radius 1 is 0.436 bits per heavy atom. The lowest BCUT2D eigenvalue weighted by Gasteiger charge is -2.18. The van der Waals surface area contributed by atoms with Gasteiger partial charge in [0.25, 0.3) is 6.29 Å². The zero-order valence-electron chi connectivity index (χ0n) is 25.9. The molecule has 0 aliphatic rings. The molecule has 0 heterocycles. The smallest absolute Gasteiger partial charge is 0.308 e. The average molecular weight is 555 g/mol. The normalized spacial score (nSPS) is 11.1. The van der Waals surface area contributed by atoms with E-state index in [4.69, 9.17) is 14.2 Å². The Labute approximate surface area is 240 Å². The Hall–Kier alpha value is -1.59. The molecule has 0 saturated heterocycles. The Morgan fingerprint density at radius 3 is 1.10 bits per heavy atom. The number of unbranched alkanes of at least 4 members (excludes halogenated alkanes) is 18. The Bertz CT molecular complexity index is 545. The van der Waals surface area contributed by atoms with Crippen molar-refractivity contribution in [3.8, 4) is 0 Å². The lowest BCUT2D eigenvalue weighted by atomic mass is 10.1. The maximum Gasteiger partial charge on any atom is 0.308 e. The number of hydrogen-bond donors (Lipinski definition) is 0. The second-order valence-corrected chi connectivity index (χ2v) is 11.0. The van der Waals surface area contributed by atoms with Gasteiger partial charge in [-0.1, -0.05) is 136 Å². The van der Waals surface area contributed by atoms with Crippen LogP contribution in [0.25, 0.3) is 0 Å². The molecule has 0 aromatic rings. The average Bonchev–Trinajstić information content (AvgIpc) is 2.91. The van der Waals surface area contributed by atoms with E-state index < -0.39 is 6.29 Å². The highest BCUT2D eigenvalue weighted by atomic mass is 16.7. The molecular formula is C33H62O6. The van der Waals surface area contributed by atoms with E-state index in [9.17, 15) is 14.4 Å². The molecule has 0 spiro atoms.